The van der Waals surface area contributed by atoms with Crippen LogP contribution in [0.25, 0.3) is 0 Å². The van der Waals surface area contributed by atoms with Crippen molar-refractivity contribution in [2.45, 2.75) is 19.3 Å². The van der Waals surface area contributed by atoms with E-state index in [0.29, 0.717) is 35.8 Å². The predicted molar refractivity (Wildman–Crippen MR) is 104 cm³/mol. The van der Waals surface area contributed by atoms with E-state index < -0.39 is 0 Å². The Balaban J connectivity index is 1.82. The Morgan fingerprint density at radius 3 is 2.58 bits per heavy atom. The molecule has 2 aromatic rings. The van der Waals surface area contributed by atoms with Gasteiger partial charge in [0.2, 0.25) is 5.91 Å². The first kappa shape index (κ1) is 19.9. The van der Waals surface area contributed by atoms with Gasteiger partial charge in [0.05, 0.1) is 17.2 Å². The Bertz CT molecular complexity index is 735. The number of rotatable bonds is 9. The van der Waals surface area contributed by atoms with Gasteiger partial charge in [-0.2, -0.15) is 0 Å². The van der Waals surface area contributed by atoms with Gasteiger partial charge in [0.25, 0.3) is 5.91 Å². The minimum Gasteiger partial charge on any atom is -0.383 e. The molecule has 0 aliphatic heterocycles. The Labute approximate surface area is 158 Å². The number of hydrogen-bond acceptors (Lipinski definition) is 3. The lowest BCUT2D eigenvalue weighted by molar-refractivity contribution is -0.116. The van der Waals surface area contributed by atoms with Crippen LogP contribution in [0.1, 0.15) is 28.8 Å². The number of hydrogen-bond donors (Lipinski definition) is 2. The number of aryl methyl sites for hydroxylation is 1. The summed E-state index contributed by atoms with van der Waals surface area (Å²) in [5.74, 6) is -0.345. The fraction of sp³-hybridized carbons (Fsp3) is 0.300. The lowest BCUT2D eigenvalue weighted by atomic mass is 10.1. The monoisotopic (exact) mass is 374 g/mol. The van der Waals surface area contributed by atoms with Crippen LogP contribution in [-0.4, -0.2) is 32.1 Å². The van der Waals surface area contributed by atoms with E-state index in [1.165, 1.54) is 5.56 Å². The van der Waals surface area contributed by atoms with E-state index in [1.807, 2.05) is 30.3 Å². The summed E-state index contributed by atoms with van der Waals surface area (Å²) >= 11 is 6.16. The summed E-state index contributed by atoms with van der Waals surface area (Å²) in [6.45, 7) is 0.839. The van der Waals surface area contributed by atoms with E-state index in [9.17, 15) is 9.59 Å². The molecule has 2 aromatic carbocycles. The number of anilines is 1. The molecule has 5 nitrogen and oxygen atoms in total. The summed E-state index contributed by atoms with van der Waals surface area (Å²) in [5.41, 5.74) is 2.16. The normalized spacial score (nSPS) is 10.4. The zero-order valence-corrected chi connectivity index (χ0v) is 15.5. The zero-order chi connectivity index (χ0) is 18.8. The highest BCUT2D eigenvalue weighted by molar-refractivity contribution is 6.34. The van der Waals surface area contributed by atoms with E-state index in [4.69, 9.17) is 16.3 Å². The fourth-order valence-electron chi connectivity index (χ4n) is 2.46. The van der Waals surface area contributed by atoms with E-state index in [0.717, 1.165) is 12.8 Å². The van der Waals surface area contributed by atoms with Crippen molar-refractivity contribution in [2.75, 3.05) is 25.6 Å². The van der Waals surface area contributed by atoms with Gasteiger partial charge in [-0.25, -0.2) is 0 Å². The third kappa shape index (κ3) is 6.50. The number of ether oxygens (including phenoxy) is 1. The maximum atomic E-state index is 12.1. The van der Waals surface area contributed by atoms with Crippen molar-refractivity contribution < 1.29 is 14.3 Å². The van der Waals surface area contributed by atoms with Crippen LogP contribution < -0.4 is 10.6 Å². The summed E-state index contributed by atoms with van der Waals surface area (Å²) in [6, 6.07) is 14.9. The van der Waals surface area contributed by atoms with Crippen molar-refractivity contribution in [1.29, 1.82) is 0 Å². The smallest absolute Gasteiger partial charge is 0.252 e. The number of benzene rings is 2. The Morgan fingerprint density at radius 1 is 1.12 bits per heavy atom. The van der Waals surface area contributed by atoms with Gasteiger partial charge in [0, 0.05) is 25.8 Å². The first-order valence-corrected chi connectivity index (χ1v) is 8.88. The number of nitrogens with one attached hydrogen (secondary N) is 2. The molecule has 2 N–H and O–H groups in total. The molecule has 0 bridgehead atoms. The molecule has 0 aliphatic carbocycles. The first-order valence-electron chi connectivity index (χ1n) is 8.50. The largest absolute Gasteiger partial charge is 0.383 e. The number of halogens is 1. The maximum Gasteiger partial charge on any atom is 0.252 e. The van der Waals surface area contributed by atoms with Gasteiger partial charge in [0.1, 0.15) is 0 Å². The molecule has 0 atom stereocenters. The molecular weight excluding hydrogens is 352 g/mol. The second kappa shape index (κ2) is 10.6. The fourth-order valence-corrected chi connectivity index (χ4v) is 2.73. The molecule has 0 unspecified atom stereocenters. The van der Waals surface area contributed by atoms with Gasteiger partial charge in [-0.1, -0.05) is 41.9 Å². The van der Waals surface area contributed by atoms with E-state index >= 15 is 0 Å². The zero-order valence-electron chi connectivity index (χ0n) is 14.8. The average Bonchev–Trinajstić information content (AvgIpc) is 2.63. The lowest BCUT2D eigenvalue weighted by Gasteiger charge is -2.09. The van der Waals surface area contributed by atoms with Crippen LogP contribution in [-0.2, 0) is 16.0 Å². The molecule has 2 rings (SSSR count). The SMILES string of the molecule is COCCNC(=O)c1ccc(NC(=O)CCCc2ccccc2)cc1Cl. The molecule has 6 heteroatoms. The molecular formula is C20H23ClN2O3. The van der Waals surface area contributed by atoms with Crippen LogP contribution >= 0.6 is 11.6 Å². The second-order valence-electron chi connectivity index (χ2n) is 5.83. The molecule has 0 heterocycles. The summed E-state index contributed by atoms with van der Waals surface area (Å²) in [5, 5.41) is 5.81. The molecule has 0 aliphatic rings. The van der Waals surface area contributed by atoms with Crippen LogP contribution in [0.5, 0.6) is 0 Å². The van der Waals surface area contributed by atoms with Crippen LogP contribution in [0.4, 0.5) is 5.69 Å². The van der Waals surface area contributed by atoms with E-state index in [1.54, 1.807) is 25.3 Å². The quantitative estimate of drug-likeness (QED) is 0.658. The van der Waals surface area contributed by atoms with Crippen LogP contribution in [0.3, 0.4) is 0 Å². The molecule has 0 aromatic heterocycles. The number of methoxy groups -OCH3 is 1. The van der Waals surface area contributed by atoms with Crippen molar-refractivity contribution >= 4 is 29.1 Å². The molecule has 2 amide bonds. The first-order chi connectivity index (χ1) is 12.6. The van der Waals surface area contributed by atoms with Gasteiger partial charge in [0.15, 0.2) is 0 Å². The third-order valence-corrected chi connectivity index (χ3v) is 4.11. The van der Waals surface area contributed by atoms with Crippen LogP contribution in [0, 0.1) is 0 Å². The highest BCUT2D eigenvalue weighted by Crippen LogP contribution is 2.21. The topological polar surface area (TPSA) is 67.4 Å². The number of carbonyl (C=O) groups is 2. The van der Waals surface area contributed by atoms with E-state index in [2.05, 4.69) is 10.6 Å². The lowest BCUT2D eigenvalue weighted by Crippen LogP contribution is -2.27. The van der Waals surface area contributed by atoms with Gasteiger partial charge in [-0.05, 0) is 36.6 Å². The average molecular weight is 375 g/mol. The Morgan fingerprint density at radius 2 is 1.88 bits per heavy atom. The molecule has 0 saturated heterocycles. The van der Waals surface area contributed by atoms with Gasteiger partial charge < -0.3 is 15.4 Å². The van der Waals surface area contributed by atoms with Crippen LogP contribution in [0.2, 0.25) is 5.02 Å². The molecule has 0 spiro atoms. The predicted octanol–water partition coefficient (Wildman–Crippen LogP) is 3.68. The van der Waals surface area contributed by atoms with E-state index in [-0.39, 0.29) is 11.8 Å². The summed E-state index contributed by atoms with van der Waals surface area (Å²) < 4.78 is 4.89. The standard InChI is InChI=1S/C20H23ClN2O3/c1-26-13-12-22-20(25)17-11-10-16(14-18(17)21)23-19(24)9-5-8-15-6-3-2-4-7-15/h2-4,6-7,10-11,14H,5,8-9,12-13H2,1H3,(H,22,25)(H,23,24). The van der Waals surface area contributed by atoms with Crippen molar-refractivity contribution in [3.8, 4) is 0 Å². The Hall–Kier alpha value is -2.37. The number of amides is 2. The molecule has 0 radical (unpaired) electrons. The molecule has 0 saturated carbocycles. The van der Waals surface area contributed by atoms with Crippen molar-refractivity contribution in [2.24, 2.45) is 0 Å². The van der Waals surface area contributed by atoms with Gasteiger partial charge >= 0.3 is 0 Å². The van der Waals surface area contributed by atoms with Crippen molar-refractivity contribution in [1.82, 2.24) is 5.32 Å². The van der Waals surface area contributed by atoms with Crippen molar-refractivity contribution in [3.63, 3.8) is 0 Å². The summed E-state index contributed by atoms with van der Waals surface area (Å²) in [7, 11) is 1.57. The third-order valence-electron chi connectivity index (χ3n) is 3.80. The minimum absolute atomic E-state index is 0.0747. The molecule has 138 valence electrons. The highest BCUT2D eigenvalue weighted by Gasteiger charge is 2.11. The van der Waals surface area contributed by atoms with Gasteiger partial charge in [-0.15, -0.1) is 0 Å². The van der Waals surface area contributed by atoms with Gasteiger partial charge in [-0.3, -0.25) is 9.59 Å². The minimum atomic E-state index is -0.271. The summed E-state index contributed by atoms with van der Waals surface area (Å²) in [4.78, 5) is 24.1. The second-order valence-corrected chi connectivity index (χ2v) is 6.24. The maximum absolute atomic E-state index is 12.1. The Kier molecular flexibility index (Phi) is 8.12. The van der Waals surface area contributed by atoms with Crippen LogP contribution in [0.15, 0.2) is 48.5 Å². The van der Waals surface area contributed by atoms with Crippen molar-refractivity contribution in [3.05, 3.63) is 64.7 Å². The highest BCUT2D eigenvalue weighted by atomic mass is 35.5. The summed E-state index contributed by atoms with van der Waals surface area (Å²) in [6.07, 6.45) is 2.05. The number of carbonyl (C=O) groups excluding carboxylic acids is 2. The molecule has 26 heavy (non-hydrogen) atoms. The molecule has 0 fully saturated rings.